The molecule has 0 radical (unpaired) electrons. The van der Waals surface area contributed by atoms with Gasteiger partial charge in [0.2, 0.25) is 0 Å². The highest BCUT2D eigenvalue weighted by molar-refractivity contribution is 5.68. The summed E-state index contributed by atoms with van der Waals surface area (Å²) in [6.07, 6.45) is 4.64. The molecule has 1 heterocycles. The number of benzene rings is 3. The quantitative estimate of drug-likeness (QED) is 0.247. The van der Waals surface area contributed by atoms with E-state index < -0.39 is 0 Å². The maximum Gasteiger partial charge on any atom is 0.168 e. The van der Waals surface area contributed by atoms with Crippen LogP contribution in [0.3, 0.4) is 0 Å². The van der Waals surface area contributed by atoms with Crippen molar-refractivity contribution in [3.8, 4) is 28.2 Å². The normalized spacial score (nSPS) is 13.5. The van der Waals surface area contributed by atoms with Gasteiger partial charge in [0.1, 0.15) is 5.82 Å². The van der Waals surface area contributed by atoms with E-state index in [0.717, 1.165) is 35.7 Å². The van der Waals surface area contributed by atoms with Crippen molar-refractivity contribution >= 4 is 0 Å². The van der Waals surface area contributed by atoms with Crippen LogP contribution >= 0.6 is 0 Å². The van der Waals surface area contributed by atoms with E-state index in [9.17, 15) is 0 Å². The molecule has 3 heteroatoms. The minimum Gasteiger partial charge on any atom is -0.279 e. The van der Waals surface area contributed by atoms with Crippen molar-refractivity contribution in [2.24, 2.45) is 11.3 Å². The molecule has 0 aliphatic heterocycles. The van der Waals surface area contributed by atoms with E-state index in [-0.39, 0.29) is 0 Å². The largest absolute Gasteiger partial charge is 0.279 e. The third-order valence-electron chi connectivity index (χ3n) is 6.78. The first-order valence-electron chi connectivity index (χ1n) is 13.0. The molecule has 0 spiro atoms. The average Bonchev–Trinajstić information content (AvgIpc) is 3.29. The molecule has 2 atom stereocenters. The van der Waals surface area contributed by atoms with Crippen molar-refractivity contribution in [2.45, 2.75) is 66.2 Å². The molecule has 4 rings (SSSR count). The molecule has 3 aromatic carbocycles. The van der Waals surface area contributed by atoms with Crippen molar-refractivity contribution in [1.82, 2.24) is 14.8 Å². The lowest BCUT2D eigenvalue weighted by Crippen LogP contribution is -2.13. The molecule has 4 aromatic rings. The summed E-state index contributed by atoms with van der Waals surface area (Å²) in [5, 5.41) is 9.52. The number of hydrogen-bond donors (Lipinski definition) is 0. The van der Waals surface area contributed by atoms with Gasteiger partial charge in [-0.2, -0.15) is 0 Å². The molecule has 1 unspecified atom stereocenters. The molecule has 0 amide bonds. The predicted molar refractivity (Wildman–Crippen MR) is 148 cm³/mol. The highest BCUT2D eigenvalue weighted by Crippen LogP contribution is 2.34. The van der Waals surface area contributed by atoms with Gasteiger partial charge in [-0.3, -0.25) is 4.57 Å². The summed E-state index contributed by atoms with van der Waals surface area (Å²) in [4.78, 5) is 0. The van der Waals surface area contributed by atoms with Crippen LogP contribution in [0, 0.1) is 11.3 Å². The monoisotopic (exact) mass is 465 g/mol. The van der Waals surface area contributed by atoms with Gasteiger partial charge in [-0.05, 0) is 60.3 Å². The summed E-state index contributed by atoms with van der Waals surface area (Å²) in [5.74, 6) is 3.06. The number of aromatic nitrogens is 3. The molecule has 0 N–H and O–H groups in total. The first-order chi connectivity index (χ1) is 16.9. The van der Waals surface area contributed by atoms with E-state index in [1.165, 1.54) is 24.0 Å². The Balaban J connectivity index is 1.66. The zero-order chi connectivity index (χ0) is 24.8. The Morgan fingerprint density at radius 1 is 0.714 bits per heavy atom. The Labute approximate surface area is 211 Å². The van der Waals surface area contributed by atoms with Crippen molar-refractivity contribution < 1.29 is 0 Å². The van der Waals surface area contributed by atoms with Gasteiger partial charge in [0.15, 0.2) is 5.82 Å². The summed E-state index contributed by atoms with van der Waals surface area (Å²) in [5.41, 5.74) is 5.00. The number of para-hydroxylation sites is 1. The maximum atomic E-state index is 4.79. The Morgan fingerprint density at radius 3 is 1.89 bits per heavy atom. The van der Waals surface area contributed by atoms with Gasteiger partial charge in [0.25, 0.3) is 0 Å². The van der Waals surface area contributed by atoms with Crippen molar-refractivity contribution in [3.05, 3.63) is 90.8 Å². The number of nitrogens with zero attached hydrogens (tertiary/aromatic N) is 3. The summed E-state index contributed by atoms with van der Waals surface area (Å²) in [6.45, 7) is 11.7. The second-order valence-electron chi connectivity index (χ2n) is 11.0. The average molecular weight is 466 g/mol. The zero-order valence-corrected chi connectivity index (χ0v) is 21.9. The van der Waals surface area contributed by atoms with Gasteiger partial charge in [-0.25, -0.2) is 0 Å². The Kier molecular flexibility index (Phi) is 7.85. The van der Waals surface area contributed by atoms with Gasteiger partial charge in [-0.1, -0.05) is 107 Å². The Morgan fingerprint density at radius 2 is 1.29 bits per heavy atom. The fraction of sp³-hybridized carbons (Fsp3) is 0.375. The van der Waals surface area contributed by atoms with E-state index in [1.807, 2.05) is 0 Å². The minimum atomic E-state index is 0.365. The smallest absolute Gasteiger partial charge is 0.168 e. The molecule has 0 aliphatic rings. The van der Waals surface area contributed by atoms with Gasteiger partial charge in [-0.15, -0.1) is 10.2 Å². The van der Waals surface area contributed by atoms with Gasteiger partial charge in [0.05, 0.1) is 0 Å². The molecular formula is C32H39N3. The van der Waals surface area contributed by atoms with Crippen LogP contribution in [0.4, 0.5) is 0 Å². The third-order valence-corrected chi connectivity index (χ3v) is 6.78. The summed E-state index contributed by atoms with van der Waals surface area (Å²) >= 11 is 0. The number of hydrogen-bond acceptors (Lipinski definition) is 2. The van der Waals surface area contributed by atoms with Gasteiger partial charge >= 0.3 is 0 Å². The SMILES string of the molecule is CC[C@H](CCC(C)CC(C)(C)C)c1nnc(-c2ccc(-c3ccccc3)cc2)n1-c1ccccc1. The second kappa shape index (κ2) is 11.0. The van der Waals surface area contributed by atoms with Crippen LogP contribution in [0.5, 0.6) is 0 Å². The van der Waals surface area contributed by atoms with Gasteiger partial charge < -0.3 is 0 Å². The highest BCUT2D eigenvalue weighted by Gasteiger charge is 2.23. The Bertz CT molecular complexity index is 1190. The molecule has 35 heavy (non-hydrogen) atoms. The van der Waals surface area contributed by atoms with E-state index >= 15 is 0 Å². The lowest BCUT2D eigenvalue weighted by molar-refractivity contribution is 0.287. The topological polar surface area (TPSA) is 30.7 Å². The van der Waals surface area contributed by atoms with Crippen LogP contribution < -0.4 is 0 Å². The highest BCUT2D eigenvalue weighted by atomic mass is 15.3. The maximum absolute atomic E-state index is 4.79. The molecule has 0 aliphatic carbocycles. The summed E-state index contributed by atoms with van der Waals surface area (Å²) < 4.78 is 2.28. The standard InChI is InChI=1S/C32H39N3/c1-6-25(18-17-24(2)23-32(3,4)5)30-33-34-31(35(30)29-15-11-8-12-16-29)28-21-19-27(20-22-28)26-13-9-7-10-14-26/h7-16,19-22,24-25H,6,17-18,23H2,1-5H3/t24?,25-/m1/s1. The lowest BCUT2D eigenvalue weighted by atomic mass is 9.82. The van der Waals surface area contributed by atoms with Crippen molar-refractivity contribution in [2.75, 3.05) is 0 Å². The van der Waals surface area contributed by atoms with Crippen LogP contribution in [0.2, 0.25) is 0 Å². The predicted octanol–water partition coefficient (Wildman–Crippen LogP) is 8.95. The second-order valence-corrected chi connectivity index (χ2v) is 11.0. The van der Waals surface area contributed by atoms with Crippen LogP contribution in [-0.2, 0) is 0 Å². The summed E-state index contributed by atoms with van der Waals surface area (Å²) in [7, 11) is 0. The molecular weight excluding hydrogens is 426 g/mol. The summed E-state index contributed by atoms with van der Waals surface area (Å²) in [6, 6.07) is 29.8. The molecule has 182 valence electrons. The molecule has 3 nitrogen and oxygen atoms in total. The fourth-order valence-electron chi connectivity index (χ4n) is 5.17. The minimum absolute atomic E-state index is 0.365. The molecule has 0 saturated carbocycles. The number of rotatable bonds is 9. The Hall–Kier alpha value is -3.20. The van der Waals surface area contributed by atoms with E-state index in [0.29, 0.717) is 17.3 Å². The molecule has 0 saturated heterocycles. The first-order valence-corrected chi connectivity index (χ1v) is 13.0. The van der Waals surface area contributed by atoms with E-state index in [4.69, 9.17) is 10.2 Å². The van der Waals surface area contributed by atoms with Crippen molar-refractivity contribution in [1.29, 1.82) is 0 Å². The molecule has 1 aromatic heterocycles. The van der Waals surface area contributed by atoms with Crippen LogP contribution in [0.25, 0.3) is 28.2 Å². The van der Waals surface area contributed by atoms with Crippen LogP contribution in [0.15, 0.2) is 84.9 Å². The zero-order valence-electron chi connectivity index (χ0n) is 21.9. The van der Waals surface area contributed by atoms with Crippen molar-refractivity contribution in [3.63, 3.8) is 0 Å². The van der Waals surface area contributed by atoms with Crippen LogP contribution in [0.1, 0.15) is 72.0 Å². The first kappa shape index (κ1) is 24.9. The van der Waals surface area contributed by atoms with Gasteiger partial charge in [0, 0.05) is 17.2 Å². The lowest BCUT2D eigenvalue weighted by Gasteiger charge is -2.25. The van der Waals surface area contributed by atoms with Crippen LogP contribution in [-0.4, -0.2) is 14.8 Å². The third kappa shape index (κ3) is 6.28. The molecule has 0 fully saturated rings. The fourth-order valence-corrected chi connectivity index (χ4v) is 5.17. The van der Waals surface area contributed by atoms with E-state index in [1.54, 1.807) is 0 Å². The van der Waals surface area contributed by atoms with E-state index in [2.05, 4.69) is 124 Å². The molecule has 0 bridgehead atoms.